The van der Waals surface area contributed by atoms with Gasteiger partial charge in [-0.2, -0.15) is 0 Å². The molecule has 0 aromatic heterocycles. The normalized spacial score (nSPS) is 12.1. The monoisotopic (exact) mass is 597 g/mol. The van der Waals surface area contributed by atoms with Gasteiger partial charge in [0.25, 0.3) is 0 Å². The van der Waals surface area contributed by atoms with Crippen LogP contribution in [0.2, 0.25) is 5.02 Å². The largest absolute Gasteiger partial charge is 0.352 e. The van der Waals surface area contributed by atoms with Crippen molar-refractivity contribution in [2.24, 2.45) is 0 Å². The average molecular weight is 598 g/mol. The van der Waals surface area contributed by atoms with Gasteiger partial charge in [0.2, 0.25) is 21.8 Å². The lowest BCUT2D eigenvalue weighted by atomic mass is 10.0. The quantitative estimate of drug-likeness (QED) is 0.262. The number of benzene rings is 3. The maximum absolute atomic E-state index is 13.8. The highest BCUT2D eigenvalue weighted by Gasteiger charge is 2.31. The standard InChI is InChI=1S/C32H40ClN3O4S/c1-5-25-15-19-29(20-16-25)36(41(4,39)40)21-9-12-31(37)35(23-27-13-17-28(33)18-14-27)30(32(38)34-24(2)3)22-26-10-7-6-8-11-26/h6-8,10-11,13-20,24,30H,5,9,12,21-23H2,1-4H3,(H,34,38). The van der Waals surface area contributed by atoms with E-state index in [2.05, 4.69) is 5.32 Å². The van der Waals surface area contributed by atoms with Crippen molar-refractivity contribution in [2.75, 3.05) is 17.1 Å². The van der Waals surface area contributed by atoms with Crippen LogP contribution in [0.5, 0.6) is 0 Å². The fourth-order valence-electron chi connectivity index (χ4n) is 4.62. The summed E-state index contributed by atoms with van der Waals surface area (Å²) in [5.41, 5.74) is 3.45. The molecule has 0 spiro atoms. The Labute approximate surface area is 249 Å². The number of sulfonamides is 1. The third-order valence-electron chi connectivity index (χ3n) is 6.75. The molecule has 0 heterocycles. The fourth-order valence-corrected chi connectivity index (χ4v) is 5.71. The summed E-state index contributed by atoms with van der Waals surface area (Å²) in [6, 6.07) is 23.4. The van der Waals surface area contributed by atoms with E-state index >= 15 is 0 Å². The van der Waals surface area contributed by atoms with Gasteiger partial charge in [0.15, 0.2) is 0 Å². The van der Waals surface area contributed by atoms with Crippen molar-refractivity contribution >= 4 is 39.1 Å². The van der Waals surface area contributed by atoms with E-state index in [9.17, 15) is 18.0 Å². The SMILES string of the molecule is CCc1ccc(N(CCCC(=O)N(Cc2ccc(Cl)cc2)C(Cc2ccccc2)C(=O)NC(C)C)S(C)(=O)=O)cc1. The molecule has 0 saturated heterocycles. The molecule has 0 fully saturated rings. The lowest BCUT2D eigenvalue weighted by molar-refractivity contribution is -0.141. The lowest BCUT2D eigenvalue weighted by Crippen LogP contribution is -2.51. The predicted octanol–water partition coefficient (Wildman–Crippen LogP) is 5.61. The van der Waals surface area contributed by atoms with Crippen molar-refractivity contribution in [3.8, 4) is 0 Å². The van der Waals surface area contributed by atoms with Gasteiger partial charge >= 0.3 is 0 Å². The zero-order valence-corrected chi connectivity index (χ0v) is 25.8. The van der Waals surface area contributed by atoms with Crippen LogP contribution < -0.4 is 9.62 Å². The molecule has 9 heteroatoms. The predicted molar refractivity (Wildman–Crippen MR) is 166 cm³/mol. The van der Waals surface area contributed by atoms with Crippen molar-refractivity contribution in [1.29, 1.82) is 0 Å². The second-order valence-electron chi connectivity index (χ2n) is 10.5. The van der Waals surface area contributed by atoms with E-state index in [0.29, 0.717) is 23.6 Å². The molecule has 1 N–H and O–H groups in total. The zero-order valence-electron chi connectivity index (χ0n) is 24.2. The number of aryl methyl sites for hydroxylation is 1. The average Bonchev–Trinajstić information content (AvgIpc) is 2.93. The molecule has 41 heavy (non-hydrogen) atoms. The zero-order chi connectivity index (χ0) is 30.0. The van der Waals surface area contributed by atoms with Gasteiger partial charge in [-0.25, -0.2) is 8.42 Å². The number of nitrogens with zero attached hydrogens (tertiary/aromatic N) is 2. The van der Waals surface area contributed by atoms with E-state index in [1.165, 1.54) is 10.6 Å². The minimum Gasteiger partial charge on any atom is -0.352 e. The first-order chi connectivity index (χ1) is 19.5. The molecule has 0 aliphatic heterocycles. The number of nitrogens with one attached hydrogen (secondary N) is 1. The molecule has 0 aliphatic carbocycles. The first-order valence-corrected chi connectivity index (χ1v) is 16.2. The number of amides is 2. The van der Waals surface area contributed by atoms with Gasteiger partial charge in [0, 0.05) is 37.0 Å². The molecule has 3 aromatic rings. The number of carbonyl (C=O) groups is 2. The Morgan fingerprint density at radius 2 is 1.49 bits per heavy atom. The molecule has 7 nitrogen and oxygen atoms in total. The molecule has 0 bridgehead atoms. The lowest BCUT2D eigenvalue weighted by Gasteiger charge is -2.32. The molecule has 1 atom stereocenters. The summed E-state index contributed by atoms with van der Waals surface area (Å²) in [6.07, 6.45) is 2.74. The van der Waals surface area contributed by atoms with Crippen LogP contribution in [0.25, 0.3) is 0 Å². The Kier molecular flexibility index (Phi) is 11.8. The molecule has 3 aromatic carbocycles. The molecule has 0 saturated carbocycles. The van der Waals surface area contributed by atoms with Crippen molar-refractivity contribution in [1.82, 2.24) is 10.2 Å². The van der Waals surface area contributed by atoms with Gasteiger partial charge in [0.1, 0.15) is 6.04 Å². The van der Waals surface area contributed by atoms with Crippen LogP contribution in [-0.2, 0) is 39.0 Å². The summed E-state index contributed by atoms with van der Waals surface area (Å²) >= 11 is 6.09. The highest BCUT2D eigenvalue weighted by molar-refractivity contribution is 7.92. The van der Waals surface area contributed by atoms with Crippen LogP contribution in [0.4, 0.5) is 5.69 Å². The maximum atomic E-state index is 13.8. The van der Waals surface area contributed by atoms with E-state index in [1.807, 2.05) is 75.4 Å². The van der Waals surface area contributed by atoms with E-state index in [0.717, 1.165) is 23.1 Å². The number of hydrogen-bond donors (Lipinski definition) is 1. The number of hydrogen-bond acceptors (Lipinski definition) is 4. The minimum atomic E-state index is -3.56. The third kappa shape index (κ3) is 9.90. The van der Waals surface area contributed by atoms with Crippen molar-refractivity contribution in [3.05, 3.63) is 101 Å². The summed E-state index contributed by atoms with van der Waals surface area (Å²) in [6.45, 7) is 6.17. The molecular weight excluding hydrogens is 558 g/mol. The maximum Gasteiger partial charge on any atom is 0.243 e. The van der Waals surface area contributed by atoms with E-state index in [-0.39, 0.29) is 37.4 Å². The molecule has 1 unspecified atom stereocenters. The topological polar surface area (TPSA) is 86.8 Å². The van der Waals surface area contributed by atoms with Crippen LogP contribution in [0.1, 0.15) is 50.3 Å². The molecule has 0 radical (unpaired) electrons. The van der Waals surface area contributed by atoms with Gasteiger partial charge in [-0.05, 0) is 67.6 Å². The fraction of sp³-hybridized carbons (Fsp3) is 0.375. The highest BCUT2D eigenvalue weighted by Crippen LogP contribution is 2.21. The second kappa shape index (κ2) is 15.0. The third-order valence-corrected chi connectivity index (χ3v) is 8.20. The number of anilines is 1. The second-order valence-corrected chi connectivity index (χ2v) is 12.8. The van der Waals surface area contributed by atoms with Crippen LogP contribution in [0.15, 0.2) is 78.9 Å². The van der Waals surface area contributed by atoms with Gasteiger partial charge in [0.05, 0.1) is 11.9 Å². The van der Waals surface area contributed by atoms with Gasteiger partial charge in [-0.3, -0.25) is 13.9 Å². The van der Waals surface area contributed by atoms with E-state index in [1.54, 1.807) is 29.2 Å². The van der Waals surface area contributed by atoms with E-state index in [4.69, 9.17) is 11.6 Å². The Morgan fingerprint density at radius 3 is 2.05 bits per heavy atom. The van der Waals surface area contributed by atoms with Crippen LogP contribution in [0, 0.1) is 0 Å². The van der Waals surface area contributed by atoms with Crippen LogP contribution in [0.3, 0.4) is 0 Å². The number of halogens is 1. The molecular formula is C32H40ClN3O4S. The summed E-state index contributed by atoms with van der Waals surface area (Å²) in [4.78, 5) is 28.9. The molecule has 220 valence electrons. The Balaban J connectivity index is 1.86. The van der Waals surface area contributed by atoms with Crippen LogP contribution in [-0.4, -0.2) is 50.0 Å². The Hall–Kier alpha value is -3.36. The first kappa shape index (κ1) is 32.2. The summed E-state index contributed by atoms with van der Waals surface area (Å²) in [7, 11) is -3.56. The van der Waals surface area contributed by atoms with Crippen LogP contribution >= 0.6 is 11.6 Å². The number of rotatable bonds is 14. The minimum absolute atomic E-state index is 0.0763. The first-order valence-electron chi connectivity index (χ1n) is 13.9. The summed E-state index contributed by atoms with van der Waals surface area (Å²) < 4.78 is 26.6. The number of carbonyl (C=O) groups excluding carboxylic acids is 2. The molecule has 0 aliphatic rings. The van der Waals surface area contributed by atoms with Crippen molar-refractivity contribution in [3.63, 3.8) is 0 Å². The Bertz CT molecular complexity index is 1380. The smallest absolute Gasteiger partial charge is 0.243 e. The summed E-state index contributed by atoms with van der Waals surface area (Å²) in [5.74, 6) is -0.463. The molecule has 3 rings (SSSR count). The van der Waals surface area contributed by atoms with E-state index < -0.39 is 16.1 Å². The molecule has 2 amide bonds. The van der Waals surface area contributed by atoms with Gasteiger partial charge in [-0.15, -0.1) is 0 Å². The van der Waals surface area contributed by atoms with Gasteiger partial charge < -0.3 is 10.2 Å². The Morgan fingerprint density at radius 1 is 0.878 bits per heavy atom. The highest BCUT2D eigenvalue weighted by atomic mass is 35.5. The van der Waals surface area contributed by atoms with Gasteiger partial charge in [-0.1, -0.05) is 73.1 Å². The summed E-state index contributed by atoms with van der Waals surface area (Å²) in [5, 5.41) is 3.56. The van der Waals surface area contributed by atoms with Crippen molar-refractivity contribution in [2.45, 2.75) is 65.1 Å². The van der Waals surface area contributed by atoms with Crippen molar-refractivity contribution < 1.29 is 18.0 Å².